The third-order valence-corrected chi connectivity index (χ3v) is 5.22. The number of nitrogens with two attached hydrogens (primary N) is 1. The monoisotopic (exact) mass is 259 g/mol. The van der Waals surface area contributed by atoms with Gasteiger partial charge in [-0.2, -0.15) is 5.26 Å². The Labute approximate surface area is 114 Å². The molecule has 0 radical (unpaired) electrons. The van der Waals surface area contributed by atoms with Gasteiger partial charge in [0.1, 0.15) is 11.6 Å². The van der Waals surface area contributed by atoms with Crippen molar-refractivity contribution in [3.05, 3.63) is 11.3 Å². The number of allylic oxidation sites excluding steroid dienone is 1. The Kier molecular flexibility index (Phi) is 2.81. The van der Waals surface area contributed by atoms with Gasteiger partial charge in [-0.05, 0) is 63.2 Å². The lowest BCUT2D eigenvalue weighted by Crippen LogP contribution is -2.58. The summed E-state index contributed by atoms with van der Waals surface area (Å²) in [7, 11) is 0. The van der Waals surface area contributed by atoms with E-state index < -0.39 is 5.91 Å². The number of carbonyl (C=O) groups is 1. The number of nitriles is 1. The second kappa shape index (κ2) is 4.26. The summed E-state index contributed by atoms with van der Waals surface area (Å²) in [6.45, 7) is 1.81. The smallest absolute Gasteiger partial charge is 0.261 e. The highest BCUT2D eigenvalue weighted by Crippen LogP contribution is 2.55. The highest BCUT2D eigenvalue weighted by Gasteiger charge is 2.51. The second-order valence-corrected chi connectivity index (χ2v) is 6.80. The van der Waals surface area contributed by atoms with Crippen molar-refractivity contribution in [2.24, 2.45) is 23.5 Å². The van der Waals surface area contributed by atoms with Crippen LogP contribution in [0, 0.1) is 29.1 Å². The van der Waals surface area contributed by atoms with E-state index in [1.54, 1.807) is 0 Å². The molecule has 4 fully saturated rings. The number of nitrogens with one attached hydrogen (secondary N) is 1. The minimum atomic E-state index is -0.628. The van der Waals surface area contributed by atoms with Crippen LogP contribution in [0.15, 0.2) is 11.3 Å². The molecule has 4 aliphatic rings. The molecule has 0 aromatic heterocycles. The molecule has 102 valence electrons. The third-order valence-electron chi connectivity index (χ3n) is 5.22. The molecule has 3 N–H and O–H groups in total. The zero-order valence-corrected chi connectivity index (χ0v) is 11.4. The summed E-state index contributed by atoms with van der Waals surface area (Å²) in [6.07, 6.45) is 7.70. The molecular formula is C15H21N3O. The van der Waals surface area contributed by atoms with Crippen molar-refractivity contribution in [1.82, 2.24) is 5.32 Å². The van der Waals surface area contributed by atoms with E-state index in [4.69, 9.17) is 11.0 Å². The quantitative estimate of drug-likeness (QED) is 0.599. The number of rotatable bonds is 3. The van der Waals surface area contributed by atoms with Crippen molar-refractivity contribution < 1.29 is 4.79 Å². The van der Waals surface area contributed by atoms with Crippen LogP contribution in [0.3, 0.4) is 0 Å². The summed E-state index contributed by atoms with van der Waals surface area (Å²) in [5.74, 6) is 1.89. The maximum absolute atomic E-state index is 11.3. The molecule has 4 nitrogen and oxygen atoms in total. The van der Waals surface area contributed by atoms with Crippen LogP contribution < -0.4 is 11.1 Å². The molecule has 0 atom stereocenters. The highest BCUT2D eigenvalue weighted by molar-refractivity contribution is 5.96. The molecule has 0 aliphatic heterocycles. The van der Waals surface area contributed by atoms with Crippen molar-refractivity contribution in [1.29, 1.82) is 5.26 Å². The fourth-order valence-corrected chi connectivity index (χ4v) is 5.05. The second-order valence-electron chi connectivity index (χ2n) is 6.80. The lowest BCUT2D eigenvalue weighted by molar-refractivity contribution is -0.114. The molecule has 4 aliphatic carbocycles. The fraction of sp³-hybridized carbons (Fsp3) is 0.733. The number of primary amides is 1. The molecule has 0 spiro atoms. The molecule has 19 heavy (non-hydrogen) atoms. The van der Waals surface area contributed by atoms with Crippen LogP contribution in [0.2, 0.25) is 0 Å². The highest BCUT2D eigenvalue weighted by atomic mass is 16.1. The van der Waals surface area contributed by atoms with E-state index in [1.807, 2.05) is 13.0 Å². The number of carbonyl (C=O) groups excluding carboxylic acids is 1. The fourth-order valence-electron chi connectivity index (χ4n) is 5.05. The molecular weight excluding hydrogens is 238 g/mol. The number of hydrogen-bond acceptors (Lipinski definition) is 3. The predicted octanol–water partition coefficient (Wildman–Crippen LogP) is 1.83. The number of hydrogen-bond donors (Lipinski definition) is 2. The van der Waals surface area contributed by atoms with Gasteiger partial charge in [0.2, 0.25) is 0 Å². The zero-order valence-electron chi connectivity index (χ0n) is 11.4. The lowest BCUT2D eigenvalue weighted by atomic mass is 9.53. The minimum absolute atomic E-state index is 0.0794. The van der Waals surface area contributed by atoms with E-state index in [0.29, 0.717) is 5.70 Å². The van der Waals surface area contributed by atoms with E-state index in [1.165, 1.54) is 38.5 Å². The van der Waals surface area contributed by atoms with Gasteiger partial charge in [0.25, 0.3) is 5.91 Å². The van der Waals surface area contributed by atoms with Crippen molar-refractivity contribution in [3.8, 4) is 6.07 Å². The molecule has 0 saturated heterocycles. The standard InChI is InChI=1S/C15H21N3O/c1-9(13(8-16)14(17)19)18-15-5-10-2-11(6-15)4-12(3-10)7-15/h10-12,18H,2-7H2,1H3,(H2,17,19)/b13-9+. The predicted molar refractivity (Wildman–Crippen MR) is 71.5 cm³/mol. The summed E-state index contributed by atoms with van der Waals surface area (Å²) >= 11 is 0. The Bertz CT molecular complexity index is 451. The van der Waals surface area contributed by atoms with Gasteiger partial charge in [0.05, 0.1) is 0 Å². The molecule has 4 heteroatoms. The van der Waals surface area contributed by atoms with Gasteiger partial charge in [-0.1, -0.05) is 0 Å². The summed E-state index contributed by atoms with van der Waals surface area (Å²) in [4.78, 5) is 11.3. The van der Waals surface area contributed by atoms with E-state index in [-0.39, 0.29) is 11.1 Å². The van der Waals surface area contributed by atoms with Crippen LogP contribution in [-0.4, -0.2) is 11.4 Å². The van der Waals surface area contributed by atoms with Gasteiger partial charge in [-0.3, -0.25) is 4.79 Å². The number of amides is 1. The van der Waals surface area contributed by atoms with Crippen LogP contribution in [0.25, 0.3) is 0 Å². The topological polar surface area (TPSA) is 78.9 Å². The molecule has 0 aromatic rings. The maximum atomic E-state index is 11.3. The van der Waals surface area contributed by atoms with Crippen LogP contribution >= 0.6 is 0 Å². The zero-order chi connectivity index (χ0) is 13.6. The Hall–Kier alpha value is -1.50. The average molecular weight is 259 g/mol. The van der Waals surface area contributed by atoms with Gasteiger partial charge in [0, 0.05) is 11.2 Å². The minimum Gasteiger partial charge on any atom is -0.382 e. The first-order valence-corrected chi connectivity index (χ1v) is 7.20. The molecule has 4 rings (SSSR count). The number of nitrogens with zero attached hydrogens (tertiary/aromatic N) is 1. The Morgan fingerprint density at radius 3 is 2.05 bits per heavy atom. The van der Waals surface area contributed by atoms with Crippen molar-refractivity contribution in [3.63, 3.8) is 0 Å². The largest absolute Gasteiger partial charge is 0.382 e. The maximum Gasteiger partial charge on any atom is 0.261 e. The summed E-state index contributed by atoms with van der Waals surface area (Å²) in [5.41, 5.74) is 6.12. The Morgan fingerprint density at radius 1 is 1.21 bits per heavy atom. The summed E-state index contributed by atoms with van der Waals surface area (Å²) < 4.78 is 0. The SMILES string of the molecule is C/C(NC12CC3CC(CC(C3)C1)C2)=C(/C#N)C(N)=O. The van der Waals surface area contributed by atoms with Crippen LogP contribution in [0.1, 0.15) is 45.4 Å². The van der Waals surface area contributed by atoms with E-state index in [2.05, 4.69) is 5.32 Å². The van der Waals surface area contributed by atoms with Gasteiger partial charge in [-0.25, -0.2) is 0 Å². The van der Waals surface area contributed by atoms with Gasteiger partial charge in [-0.15, -0.1) is 0 Å². The molecule has 4 bridgehead atoms. The Morgan fingerprint density at radius 2 is 1.68 bits per heavy atom. The van der Waals surface area contributed by atoms with Crippen molar-refractivity contribution in [2.45, 2.75) is 51.0 Å². The van der Waals surface area contributed by atoms with Gasteiger partial charge in [0.15, 0.2) is 0 Å². The molecule has 0 unspecified atom stereocenters. The summed E-state index contributed by atoms with van der Waals surface area (Å²) in [6, 6.07) is 1.93. The van der Waals surface area contributed by atoms with Gasteiger partial charge >= 0.3 is 0 Å². The first-order chi connectivity index (χ1) is 9.01. The molecule has 0 heterocycles. The van der Waals surface area contributed by atoms with Gasteiger partial charge < -0.3 is 11.1 Å². The van der Waals surface area contributed by atoms with Crippen LogP contribution in [0.5, 0.6) is 0 Å². The van der Waals surface area contributed by atoms with Crippen molar-refractivity contribution in [2.75, 3.05) is 0 Å². The average Bonchev–Trinajstić information content (AvgIpc) is 2.25. The van der Waals surface area contributed by atoms with Crippen LogP contribution in [0.4, 0.5) is 0 Å². The normalized spacial score (nSPS) is 40.5. The first kappa shape index (κ1) is 12.5. The van der Waals surface area contributed by atoms with E-state index >= 15 is 0 Å². The first-order valence-electron chi connectivity index (χ1n) is 7.20. The Balaban J connectivity index is 1.83. The summed E-state index contributed by atoms with van der Waals surface area (Å²) in [5, 5.41) is 12.5. The van der Waals surface area contributed by atoms with E-state index in [9.17, 15) is 4.79 Å². The molecule has 4 saturated carbocycles. The van der Waals surface area contributed by atoms with Crippen molar-refractivity contribution >= 4 is 5.91 Å². The lowest BCUT2D eigenvalue weighted by Gasteiger charge is -2.57. The molecule has 1 amide bonds. The van der Waals surface area contributed by atoms with Crippen LogP contribution in [-0.2, 0) is 4.79 Å². The third kappa shape index (κ3) is 2.11. The molecule has 0 aromatic carbocycles. The van der Waals surface area contributed by atoms with E-state index in [0.717, 1.165) is 17.8 Å².